The molecule has 0 atom stereocenters. The van der Waals surface area contributed by atoms with Crippen molar-refractivity contribution in [1.82, 2.24) is 14.4 Å². The quantitative estimate of drug-likeness (QED) is 0.325. The molecule has 0 aliphatic heterocycles. The van der Waals surface area contributed by atoms with Crippen molar-refractivity contribution in [3.05, 3.63) is 77.2 Å². The van der Waals surface area contributed by atoms with Crippen LogP contribution in [0, 0.1) is 6.92 Å². The minimum atomic E-state index is -1.51. The summed E-state index contributed by atoms with van der Waals surface area (Å²) in [4.78, 5) is 21.5. The molecule has 4 aromatic rings. The topological polar surface area (TPSA) is 126 Å². The third kappa shape index (κ3) is 4.60. The fourth-order valence-corrected chi connectivity index (χ4v) is 3.84. The Morgan fingerprint density at radius 2 is 1.91 bits per heavy atom. The third-order valence-corrected chi connectivity index (χ3v) is 5.54. The molecule has 0 fully saturated rings. The molecule has 5 N–H and O–H groups in total. The number of anilines is 1. The summed E-state index contributed by atoms with van der Waals surface area (Å²) in [7, 11) is -1.51. The van der Waals surface area contributed by atoms with E-state index in [1.165, 1.54) is 0 Å². The van der Waals surface area contributed by atoms with E-state index in [1.807, 2.05) is 31.3 Å². The number of benzene rings is 1. The van der Waals surface area contributed by atoms with Crippen molar-refractivity contribution in [2.24, 2.45) is 5.73 Å². The van der Waals surface area contributed by atoms with Crippen LogP contribution in [0.5, 0.6) is 0 Å². The standard InChI is InChI=1S/C24H26BN5O3/c1-14(2)18-11-21(27-12-16-6-4-7-17(10-16)25(32)33)29-24(28-18)22-15(3)13-30-19(22)8-5-9-20(30)23(26)31/h4-11,13-14,32-33H,12H2,1-3H3,(H2,26,31)(H,27,28,29). The Hall–Kier alpha value is -3.69. The van der Waals surface area contributed by atoms with Gasteiger partial charge in [0, 0.05) is 30.1 Å². The van der Waals surface area contributed by atoms with Gasteiger partial charge in [-0.2, -0.15) is 0 Å². The zero-order chi connectivity index (χ0) is 23.7. The van der Waals surface area contributed by atoms with Gasteiger partial charge >= 0.3 is 7.12 Å². The second-order valence-electron chi connectivity index (χ2n) is 8.35. The Balaban J connectivity index is 1.75. The fourth-order valence-electron chi connectivity index (χ4n) is 3.84. The van der Waals surface area contributed by atoms with Gasteiger partial charge < -0.3 is 25.5 Å². The maximum Gasteiger partial charge on any atom is 0.488 e. The SMILES string of the molecule is Cc1cn2c(C(N)=O)cccc2c1-c1nc(NCc2cccc(B(O)O)c2)cc(C(C)C)n1. The van der Waals surface area contributed by atoms with E-state index in [2.05, 4.69) is 19.2 Å². The van der Waals surface area contributed by atoms with E-state index in [0.29, 0.717) is 29.3 Å². The minimum absolute atomic E-state index is 0.176. The van der Waals surface area contributed by atoms with E-state index in [-0.39, 0.29) is 5.92 Å². The van der Waals surface area contributed by atoms with Crippen LogP contribution in [0.4, 0.5) is 5.82 Å². The number of aromatic nitrogens is 3. The molecule has 8 nitrogen and oxygen atoms in total. The summed E-state index contributed by atoms with van der Waals surface area (Å²) in [6.45, 7) is 6.54. The van der Waals surface area contributed by atoms with Gasteiger partial charge in [0.2, 0.25) is 0 Å². The number of nitrogens with one attached hydrogen (secondary N) is 1. The van der Waals surface area contributed by atoms with E-state index in [9.17, 15) is 14.8 Å². The second-order valence-corrected chi connectivity index (χ2v) is 8.35. The summed E-state index contributed by atoms with van der Waals surface area (Å²) in [6.07, 6.45) is 1.87. The maximum absolute atomic E-state index is 11.9. The van der Waals surface area contributed by atoms with Crippen molar-refractivity contribution in [3.8, 4) is 11.4 Å². The molecule has 0 spiro atoms. The monoisotopic (exact) mass is 443 g/mol. The van der Waals surface area contributed by atoms with Crippen LogP contribution in [0.3, 0.4) is 0 Å². The summed E-state index contributed by atoms with van der Waals surface area (Å²) in [5, 5.41) is 22.2. The zero-order valence-electron chi connectivity index (χ0n) is 18.8. The van der Waals surface area contributed by atoms with Crippen molar-refractivity contribution in [2.45, 2.75) is 33.2 Å². The molecule has 168 valence electrons. The van der Waals surface area contributed by atoms with Crippen LogP contribution in [-0.2, 0) is 6.54 Å². The van der Waals surface area contributed by atoms with Crippen molar-refractivity contribution in [2.75, 3.05) is 5.32 Å². The molecule has 0 aliphatic rings. The average molecular weight is 443 g/mol. The van der Waals surface area contributed by atoms with Crippen LogP contribution in [-0.4, -0.2) is 37.4 Å². The normalized spacial score (nSPS) is 11.2. The molecular weight excluding hydrogens is 417 g/mol. The molecule has 33 heavy (non-hydrogen) atoms. The molecule has 0 unspecified atom stereocenters. The van der Waals surface area contributed by atoms with Gasteiger partial charge in [-0.25, -0.2) is 9.97 Å². The zero-order valence-corrected chi connectivity index (χ0v) is 18.8. The lowest BCUT2D eigenvalue weighted by molar-refractivity contribution is 0.0994. The average Bonchev–Trinajstić information content (AvgIpc) is 3.13. The smallest absolute Gasteiger partial charge is 0.423 e. The molecule has 3 heterocycles. The summed E-state index contributed by atoms with van der Waals surface area (Å²) >= 11 is 0. The summed E-state index contributed by atoms with van der Waals surface area (Å²) in [5.74, 6) is 0.889. The first-order valence-corrected chi connectivity index (χ1v) is 10.7. The summed E-state index contributed by atoms with van der Waals surface area (Å²) < 4.78 is 1.78. The van der Waals surface area contributed by atoms with Gasteiger partial charge in [0.25, 0.3) is 5.91 Å². The Labute approximate surface area is 192 Å². The first-order chi connectivity index (χ1) is 15.7. The Kier molecular flexibility index (Phi) is 6.17. The molecule has 0 bridgehead atoms. The van der Waals surface area contributed by atoms with Gasteiger partial charge in [-0.15, -0.1) is 0 Å². The number of hydrogen-bond donors (Lipinski definition) is 4. The Bertz CT molecular complexity index is 1330. The number of primary amides is 1. The lowest BCUT2D eigenvalue weighted by Crippen LogP contribution is -2.30. The molecule has 4 rings (SSSR count). The maximum atomic E-state index is 11.9. The number of pyridine rings is 1. The molecule has 0 aliphatic carbocycles. The second kappa shape index (κ2) is 9.05. The van der Waals surface area contributed by atoms with Gasteiger partial charge in [-0.3, -0.25) is 4.79 Å². The molecule has 0 saturated carbocycles. The highest BCUT2D eigenvalue weighted by atomic mass is 16.4. The number of amides is 1. The first kappa shape index (κ1) is 22.5. The van der Waals surface area contributed by atoms with Gasteiger partial charge in [-0.05, 0) is 41.6 Å². The molecule has 0 saturated heterocycles. The number of fused-ring (bicyclic) bond motifs is 1. The van der Waals surface area contributed by atoms with E-state index in [4.69, 9.17) is 15.7 Å². The van der Waals surface area contributed by atoms with Gasteiger partial charge in [0.15, 0.2) is 5.82 Å². The summed E-state index contributed by atoms with van der Waals surface area (Å²) in [5.41, 5.74) is 10.7. The lowest BCUT2D eigenvalue weighted by Gasteiger charge is -2.13. The lowest BCUT2D eigenvalue weighted by atomic mass is 9.80. The molecule has 1 amide bonds. The highest BCUT2D eigenvalue weighted by Gasteiger charge is 2.18. The molecule has 3 aromatic heterocycles. The highest BCUT2D eigenvalue weighted by molar-refractivity contribution is 6.58. The number of carbonyl (C=O) groups excluding carboxylic acids is 1. The molecule has 9 heteroatoms. The van der Waals surface area contributed by atoms with Crippen molar-refractivity contribution in [3.63, 3.8) is 0 Å². The third-order valence-electron chi connectivity index (χ3n) is 5.54. The number of nitrogens with zero attached hydrogens (tertiary/aromatic N) is 3. The van der Waals surface area contributed by atoms with Crippen LogP contribution >= 0.6 is 0 Å². The number of hydrogen-bond acceptors (Lipinski definition) is 6. The Morgan fingerprint density at radius 3 is 2.61 bits per heavy atom. The van der Waals surface area contributed by atoms with Crippen LogP contribution in [0.15, 0.2) is 54.7 Å². The largest absolute Gasteiger partial charge is 0.488 e. The van der Waals surface area contributed by atoms with Crippen molar-refractivity contribution in [1.29, 1.82) is 0 Å². The predicted octanol–water partition coefficient (Wildman–Crippen LogP) is 2.22. The minimum Gasteiger partial charge on any atom is -0.423 e. The summed E-state index contributed by atoms with van der Waals surface area (Å²) in [6, 6.07) is 14.4. The van der Waals surface area contributed by atoms with Crippen molar-refractivity contribution < 1.29 is 14.8 Å². The number of nitrogens with two attached hydrogens (primary N) is 1. The molecular formula is C24H26BN5O3. The van der Waals surface area contributed by atoms with Crippen LogP contribution in [0.25, 0.3) is 16.9 Å². The Morgan fingerprint density at radius 1 is 1.15 bits per heavy atom. The van der Waals surface area contributed by atoms with Crippen LogP contribution < -0.4 is 16.5 Å². The van der Waals surface area contributed by atoms with E-state index < -0.39 is 13.0 Å². The molecule has 1 aromatic carbocycles. The number of rotatable bonds is 7. The van der Waals surface area contributed by atoms with E-state index in [1.54, 1.807) is 34.7 Å². The number of aryl methyl sites for hydroxylation is 1. The van der Waals surface area contributed by atoms with Crippen LogP contribution in [0.1, 0.15) is 47.1 Å². The molecule has 0 radical (unpaired) electrons. The van der Waals surface area contributed by atoms with Gasteiger partial charge in [-0.1, -0.05) is 44.2 Å². The number of carbonyl (C=O) groups is 1. The fraction of sp³-hybridized carbons (Fsp3) is 0.208. The predicted molar refractivity (Wildman–Crippen MR) is 129 cm³/mol. The van der Waals surface area contributed by atoms with Crippen molar-refractivity contribution >= 4 is 29.8 Å². The van der Waals surface area contributed by atoms with Gasteiger partial charge in [0.1, 0.15) is 11.5 Å². The first-order valence-electron chi connectivity index (χ1n) is 10.7. The van der Waals surface area contributed by atoms with E-state index in [0.717, 1.165) is 27.9 Å². The van der Waals surface area contributed by atoms with E-state index >= 15 is 0 Å². The van der Waals surface area contributed by atoms with Gasteiger partial charge in [0.05, 0.1) is 5.52 Å². The highest BCUT2D eigenvalue weighted by Crippen LogP contribution is 2.30. The van der Waals surface area contributed by atoms with Crippen LogP contribution in [0.2, 0.25) is 0 Å².